The van der Waals surface area contributed by atoms with Gasteiger partial charge in [-0.05, 0) is 62.9 Å². The first kappa shape index (κ1) is 28.8. The smallest absolute Gasteiger partial charge is 0.296 e. The minimum atomic E-state index is -0.818. The lowest BCUT2D eigenvalue weighted by atomic mass is 9.94. The van der Waals surface area contributed by atoms with Gasteiger partial charge in [0.2, 0.25) is 11.8 Å². The molecule has 0 saturated heterocycles. The lowest BCUT2D eigenvalue weighted by Gasteiger charge is -2.28. The second kappa shape index (κ2) is 12.3. The van der Waals surface area contributed by atoms with Gasteiger partial charge in [0.15, 0.2) is 5.69 Å². The van der Waals surface area contributed by atoms with E-state index in [2.05, 4.69) is 10.3 Å². The minimum absolute atomic E-state index is 0.00372. The van der Waals surface area contributed by atoms with Gasteiger partial charge in [-0.15, -0.1) is 0 Å². The van der Waals surface area contributed by atoms with Crippen molar-refractivity contribution in [3.05, 3.63) is 82.0 Å². The van der Waals surface area contributed by atoms with Gasteiger partial charge in [0, 0.05) is 43.5 Å². The topological polar surface area (TPSA) is 153 Å². The number of primary amides is 1. The Kier molecular flexibility index (Phi) is 8.86. The van der Waals surface area contributed by atoms with Crippen molar-refractivity contribution in [2.75, 3.05) is 25.1 Å². The first-order chi connectivity index (χ1) is 19.0. The van der Waals surface area contributed by atoms with Crippen LogP contribution in [0.1, 0.15) is 42.6 Å². The highest BCUT2D eigenvalue weighted by Crippen LogP contribution is 2.42. The molecule has 1 fully saturated rings. The predicted octanol–water partition coefficient (Wildman–Crippen LogP) is 3.83. The third-order valence-corrected chi connectivity index (χ3v) is 6.68. The van der Waals surface area contributed by atoms with Gasteiger partial charge in [-0.25, -0.2) is 4.98 Å². The molecular weight excluding hydrogens is 514 g/mol. The number of amides is 1. The zero-order chi connectivity index (χ0) is 28.9. The molecule has 1 aromatic heterocycles. The summed E-state index contributed by atoms with van der Waals surface area (Å²) in [6.45, 7) is 4.36. The highest BCUT2D eigenvalue weighted by molar-refractivity contribution is 5.92. The summed E-state index contributed by atoms with van der Waals surface area (Å²) in [6, 6.07) is 15.8. The van der Waals surface area contributed by atoms with Crippen LogP contribution >= 0.6 is 0 Å². The number of benzene rings is 2. The van der Waals surface area contributed by atoms with E-state index in [0.29, 0.717) is 35.1 Å². The van der Waals surface area contributed by atoms with Crippen molar-refractivity contribution in [1.82, 2.24) is 10.3 Å². The van der Waals surface area contributed by atoms with E-state index in [1.807, 2.05) is 50.1 Å². The number of nitro groups is 1. The molecule has 40 heavy (non-hydrogen) atoms. The fourth-order valence-corrected chi connectivity index (χ4v) is 4.37. The maximum atomic E-state index is 11.6. The molecule has 1 heterocycles. The van der Waals surface area contributed by atoms with Crippen molar-refractivity contribution in [2.24, 2.45) is 5.73 Å². The number of nitrogens with two attached hydrogens (primary N) is 1. The molecule has 1 amide bonds. The normalized spacial score (nSPS) is 13.9. The van der Waals surface area contributed by atoms with E-state index in [4.69, 9.17) is 15.2 Å². The van der Waals surface area contributed by atoms with Crippen molar-refractivity contribution < 1.29 is 24.3 Å². The summed E-state index contributed by atoms with van der Waals surface area (Å²) in [5, 5.41) is 25.6. The zero-order valence-corrected chi connectivity index (χ0v) is 22.9. The van der Waals surface area contributed by atoms with Gasteiger partial charge >= 0.3 is 0 Å². The minimum Gasteiger partial charge on any atom is -0.488 e. The van der Waals surface area contributed by atoms with E-state index >= 15 is 0 Å². The molecule has 0 bridgehead atoms. The molecule has 2 aromatic carbocycles. The maximum absolute atomic E-state index is 11.6. The number of β-amino-alcohol motifs (C(OH)–C–C–N with tert-alkyl or cyclic N) is 1. The van der Waals surface area contributed by atoms with Gasteiger partial charge in [0.05, 0.1) is 10.5 Å². The summed E-state index contributed by atoms with van der Waals surface area (Å²) in [6.07, 6.45) is 3.22. The first-order valence-electron chi connectivity index (χ1n) is 13.1. The third-order valence-electron chi connectivity index (χ3n) is 6.68. The van der Waals surface area contributed by atoms with Crippen molar-refractivity contribution in [1.29, 1.82) is 0 Å². The van der Waals surface area contributed by atoms with Gasteiger partial charge in [-0.1, -0.05) is 18.2 Å². The fraction of sp³-hybridized carbons (Fsp3) is 0.379. The molecular formula is C29H35N5O6. The number of nitrogens with one attached hydrogen (secondary N) is 1. The van der Waals surface area contributed by atoms with Gasteiger partial charge in [0.25, 0.3) is 5.69 Å². The molecule has 1 saturated carbocycles. The number of carbonyl (C=O) groups excluding carboxylic acids is 1. The standard InChI is InChI=1S/C29H35N5O6/c1-29(2,15-19-7-12-23(13-8-19)40-26-14-9-20(16-31-26)28(30)36)32-17-22(35)18-39-25-6-4-5-24(34(37)38)27(25)33(3)21-10-11-21/h4-9,12-14,16,21-22,32,35H,10-11,15,17-18H2,1-3H3,(H2,30,36). The fourth-order valence-electron chi connectivity index (χ4n) is 4.37. The number of hydrogen-bond donors (Lipinski definition) is 3. The number of rotatable bonds is 14. The molecule has 1 aliphatic rings. The molecule has 11 nitrogen and oxygen atoms in total. The average molecular weight is 550 g/mol. The number of nitrogens with zero attached hydrogens (tertiary/aromatic N) is 3. The molecule has 0 aliphatic heterocycles. The van der Waals surface area contributed by atoms with E-state index in [-0.39, 0.29) is 30.4 Å². The molecule has 1 atom stereocenters. The predicted molar refractivity (Wildman–Crippen MR) is 151 cm³/mol. The molecule has 1 unspecified atom stereocenters. The summed E-state index contributed by atoms with van der Waals surface area (Å²) in [5.74, 6) is 0.804. The number of aromatic nitrogens is 1. The maximum Gasteiger partial charge on any atom is 0.296 e. The van der Waals surface area contributed by atoms with Gasteiger partial charge in [0.1, 0.15) is 24.2 Å². The third kappa shape index (κ3) is 7.67. The summed E-state index contributed by atoms with van der Waals surface area (Å²) >= 11 is 0. The van der Waals surface area contributed by atoms with Gasteiger partial charge in [-0.2, -0.15) is 0 Å². The molecule has 0 radical (unpaired) electrons. The Balaban J connectivity index is 1.28. The average Bonchev–Trinajstić information content (AvgIpc) is 3.77. The van der Waals surface area contributed by atoms with Crippen LogP contribution in [0.25, 0.3) is 0 Å². The van der Waals surface area contributed by atoms with E-state index in [1.165, 1.54) is 12.3 Å². The van der Waals surface area contributed by atoms with Crippen LogP contribution in [0.4, 0.5) is 11.4 Å². The number of aliphatic hydroxyl groups excluding tert-OH is 1. The molecule has 212 valence electrons. The second-order valence-corrected chi connectivity index (χ2v) is 10.6. The molecule has 0 spiro atoms. The lowest BCUT2D eigenvalue weighted by Crippen LogP contribution is -2.46. The number of ether oxygens (including phenoxy) is 2. The Morgan fingerprint density at radius 2 is 1.95 bits per heavy atom. The summed E-state index contributed by atoms with van der Waals surface area (Å²) in [4.78, 5) is 28.4. The quantitative estimate of drug-likeness (QED) is 0.201. The highest BCUT2D eigenvalue weighted by Gasteiger charge is 2.33. The summed E-state index contributed by atoms with van der Waals surface area (Å²) in [7, 11) is 1.84. The largest absolute Gasteiger partial charge is 0.488 e. The van der Waals surface area contributed by atoms with E-state index in [0.717, 1.165) is 18.4 Å². The number of carbonyl (C=O) groups is 1. The van der Waals surface area contributed by atoms with Crippen LogP contribution in [-0.4, -0.2) is 58.8 Å². The summed E-state index contributed by atoms with van der Waals surface area (Å²) < 4.78 is 11.6. The number of nitro benzene ring substituents is 1. The van der Waals surface area contributed by atoms with Crippen LogP contribution in [0, 0.1) is 10.1 Å². The van der Waals surface area contributed by atoms with Crippen LogP contribution in [-0.2, 0) is 6.42 Å². The molecule has 4 rings (SSSR count). The highest BCUT2D eigenvalue weighted by atomic mass is 16.6. The number of pyridine rings is 1. The van der Waals surface area contributed by atoms with Crippen LogP contribution in [0.3, 0.4) is 0 Å². The number of aliphatic hydroxyl groups is 1. The van der Waals surface area contributed by atoms with Crippen LogP contribution in [0.15, 0.2) is 60.8 Å². The van der Waals surface area contributed by atoms with E-state index in [1.54, 1.807) is 24.3 Å². The van der Waals surface area contributed by atoms with Crippen molar-refractivity contribution in [3.63, 3.8) is 0 Å². The number of para-hydroxylation sites is 1. The van der Waals surface area contributed by atoms with Crippen LogP contribution in [0.5, 0.6) is 17.4 Å². The lowest BCUT2D eigenvalue weighted by molar-refractivity contribution is -0.384. The van der Waals surface area contributed by atoms with Crippen LogP contribution < -0.4 is 25.4 Å². The van der Waals surface area contributed by atoms with Crippen LogP contribution in [0.2, 0.25) is 0 Å². The SMILES string of the molecule is CN(c1c(OCC(O)CNC(C)(C)Cc2ccc(Oc3ccc(C(N)=O)cn3)cc2)cccc1[N+](=O)[O-])C1CC1. The molecule has 4 N–H and O–H groups in total. The molecule has 3 aromatic rings. The Morgan fingerprint density at radius 1 is 1.23 bits per heavy atom. The Morgan fingerprint density at radius 3 is 2.55 bits per heavy atom. The number of hydrogen-bond acceptors (Lipinski definition) is 9. The Labute approximate surface area is 233 Å². The van der Waals surface area contributed by atoms with E-state index in [9.17, 15) is 20.0 Å². The monoisotopic (exact) mass is 549 g/mol. The van der Waals surface area contributed by atoms with Crippen molar-refractivity contribution in [2.45, 2.75) is 50.8 Å². The van der Waals surface area contributed by atoms with Crippen molar-refractivity contribution in [3.8, 4) is 17.4 Å². The van der Waals surface area contributed by atoms with Gasteiger partial charge in [-0.3, -0.25) is 14.9 Å². The zero-order valence-electron chi connectivity index (χ0n) is 22.9. The Hall–Kier alpha value is -4.22. The second-order valence-electron chi connectivity index (χ2n) is 10.6. The Bertz CT molecular complexity index is 1330. The van der Waals surface area contributed by atoms with Gasteiger partial charge < -0.3 is 30.5 Å². The molecule has 11 heteroatoms. The first-order valence-corrected chi connectivity index (χ1v) is 13.1. The van der Waals surface area contributed by atoms with Crippen molar-refractivity contribution >= 4 is 17.3 Å². The number of anilines is 1. The molecule has 1 aliphatic carbocycles. The van der Waals surface area contributed by atoms with E-state index < -0.39 is 16.9 Å². The summed E-state index contributed by atoms with van der Waals surface area (Å²) in [5.41, 5.74) is 6.72.